The van der Waals surface area contributed by atoms with Crippen LogP contribution in [0, 0.1) is 6.92 Å². The Hall–Kier alpha value is -1.55. The van der Waals surface area contributed by atoms with Crippen LogP contribution in [0.1, 0.15) is 15.9 Å². The second kappa shape index (κ2) is 4.53. The van der Waals surface area contributed by atoms with Crippen LogP contribution in [0.2, 0.25) is 0 Å². The Morgan fingerprint density at radius 2 is 2.06 bits per heavy atom. The minimum Gasteiger partial charge on any atom is -0.399 e. The number of benzene rings is 1. The number of aryl methyl sites for hydroxylation is 1. The SMILES string of the molecule is Cc1ccc(N)cc1C(=O)N1CCOCC1. The van der Waals surface area contributed by atoms with Gasteiger partial charge in [0.05, 0.1) is 13.2 Å². The third kappa shape index (κ3) is 2.17. The number of hydrogen-bond acceptors (Lipinski definition) is 3. The van der Waals surface area contributed by atoms with E-state index in [1.165, 1.54) is 0 Å². The summed E-state index contributed by atoms with van der Waals surface area (Å²) in [5.41, 5.74) is 7.99. The number of nitrogens with zero attached hydrogens (tertiary/aromatic N) is 1. The Kier molecular flexibility index (Phi) is 3.10. The number of anilines is 1. The van der Waals surface area contributed by atoms with Gasteiger partial charge in [0.1, 0.15) is 0 Å². The zero-order valence-corrected chi connectivity index (χ0v) is 9.40. The van der Waals surface area contributed by atoms with Gasteiger partial charge in [0.25, 0.3) is 5.91 Å². The van der Waals surface area contributed by atoms with Crippen LogP contribution in [0.4, 0.5) is 5.69 Å². The molecule has 0 saturated carbocycles. The van der Waals surface area contributed by atoms with Gasteiger partial charge in [-0.25, -0.2) is 0 Å². The van der Waals surface area contributed by atoms with Crippen molar-refractivity contribution in [3.63, 3.8) is 0 Å². The monoisotopic (exact) mass is 220 g/mol. The van der Waals surface area contributed by atoms with Crippen LogP contribution in [0.3, 0.4) is 0 Å². The number of hydrogen-bond donors (Lipinski definition) is 1. The van der Waals surface area contributed by atoms with Crippen molar-refractivity contribution in [2.45, 2.75) is 6.92 Å². The van der Waals surface area contributed by atoms with Crippen LogP contribution in [0.5, 0.6) is 0 Å². The molecule has 0 radical (unpaired) electrons. The predicted molar refractivity (Wildman–Crippen MR) is 62.3 cm³/mol. The summed E-state index contributed by atoms with van der Waals surface area (Å²) in [6.45, 7) is 4.48. The second-order valence-corrected chi connectivity index (χ2v) is 3.98. The van der Waals surface area contributed by atoms with Gasteiger partial charge in [-0.2, -0.15) is 0 Å². The molecule has 0 aromatic heterocycles. The van der Waals surface area contributed by atoms with Crippen molar-refractivity contribution >= 4 is 11.6 Å². The molecule has 1 saturated heterocycles. The topological polar surface area (TPSA) is 55.6 Å². The highest BCUT2D eigenvalue weighted by Crippen LogP contribution is 2.15. The molecule has 4 heteroatoms. The summed E-state index contributed by atoms with van der Waals surface area (Å²) in [6.07, 6.45) is 0. The standard InChI is InChI=1S/C12H16N2O2/c1-9-2-3-10(13)8-11(9)12(15)14-4-6-16-7-5-14/h2-3,8H,4-7,13H2,1H3. The van der Waals surface area contributed by atoms with E-state index in [4.69, 9.17) is 10.5 Å². The van der Waals surface area contributed by atoms with Crippen LogP contribution in [0.25, 0.3) is 0 Å². The van der Waals surface area contributed by atoms with E-state index in [2.05, 4.69) is 0 Å². The van der Waals surface area contributed by atoms with Gasteiger partial charge in [-0.05, 0) is 24.6 Å². The van der Waals surface area contributed by atoms with Gasteiger partial charge < -0.3 is 15.4 Å². The van der Waals surface area contributed by atoms with Crippen LogP contribution >= 0.6 is 0 Å². The van der Waals surface area contributed by atoms with Crippen molar-refractivity contribution in [1.29, 1.82) is 0 Å². The lowest BCUT2D eigenvalue weighted by Gasteiger charge is -2.27. The van der Waals surface area contributed by atoms with Crippen molar-refractivity contribution in [1.82, 2.24) is 4.90 Å². The van der Waals surface area contributed by atoms with E-state index in [-0.39, 0.29) is 5.91 Å². The largest absolute Gasteiger partial charge is 0.399 e. The van der Waals surface area contributed by atoms with E-state index in [1.54, 1.807) is 6.07 Å². The fourth-order valence-electron chi connectivity index (χ4n) is 1.81. The maximum absolute atomic E-state index is 12.2. The van der Waals surface area contributed by atoms with Crippen LogP contribution < -0.4 is 5.73 Å². The molecule has 0 aliphatic carbocycles. The van der Waals surface area contributed by atoms with Gasteiger partial charge in [0.2, 0.25) is 0 Å². The lowest BCUT2D eigenvalue weighted by Crippen LogP contribution is -2.40. The summed E-state index contributed by atoms with van der Waals surface area (Å²) in [5.74, 6) is 0.0492. The van der Waals surface area contributed by atoms with Crippen LogP contribution in [-0.4, -0.2) is 37.1 Å². The molecule has 1 amide bonds. The quantitative estimate of drug-likeness (QED) is 0.720. The van der Waals surface area contributed by atoms with Crippen LogP contribution in [0.15, 0.2) is 18.2 Å². The van der Waals surface area contributed by atoms with Crippen molar-refractivity contribution in [3.05, 3.63) is 29.3 Å². The fourth-order valence-corrected chi connectivity index (χ4v) is 1.81. The van der Waals surface area contributed by atoms with Crippen molar-refractivity contribution in [2.75, 3.05) is 32.0 Å². The van der Waals surface area contributed by atoms with Gasteiger partial charge in [-0.1, -0.05) is 6.07 Å². The molecule has 86 valence electrons. The van der Waals surface area contributed by atoms with E-state index < -0.39 is 0 Å². The number of nitrogen functional groups attached to an aromatic ring is 1. The summed E-state index contributed by atoms with van der Waals surface area (Å²) >= 11 is 0. The highest BCUT2D eigenvalue weighted by molar-refractivity contribution is 5.96. The number of morpholine rings is 1. The molecular formula is C12H16N2O2. The molecule has 2 N–H and O–H groups in total. The van der Waals surface area contributed by atoms with Crippen molar-refractivity contribution in [3.8, 4) is 0 Å². The van der Waals surface area contributed by atoms with E-state index >= 15 is 0 Å². The Bertz CT molecular complexity index is 398. The first kappa shape index (κ1) is 11.0. The Morgan fingerprint density at radius 1 is 1.38 bits per heavy atom. The molecule has 1 aromatic carbocycles. The molecular weight excluding hydrogens is 204 g/mol. The first-order valence-electron chi connectivity index (χ1n) is 5.41. The Labute approximate surface area is 95.0 Å². The summed E-state index contributed by atoms with van der Waals surface area (Å²) in [5, 5.41) is 0. The first-order chi connectivity index (χ1) is 7.68. The minimum atomic E-state index is 0.0492. The summed E-state index contributed by atoms with van der Waals surface area (Å²) < 4.78 is 5.22. The first-order valence-corrected chi connectivity index (χ1v) is 5.41. The third-order valence-corrected chi connectivity index (χ3v) is 2.79. The maximum Gasteiger partial charge on any atom is 0.254 e. The molecule has 0 bridgehead atoms. The summed E-state index contributed by atoms with van der Waals surface area (Å²) in [6, 6.07) is 5.43. The fraction of sp³-hybridized carbons (Fsp3) is 0.417. The lowest BCUT2D eigenvalue weighted by molar-refractivity contribution is 0.0302. The predicted octanol–water partition coefficient (Wildman–Crippen LogP) is 1.05. The number of rotatable bonds is 1. The minimum absolute atomic E-state index is 0.0492. The average molecular weight is 220 g/mol. The summed E-state index contributed by atoms with van der Waals surface area (Å²) in [7, 11) is 0. The van der Waals surface area contributed by atoms with Gasteiger partial charge in [-0.3, -0.25) is 4.79 Å². The van der Waals surface area contributed by atoms with Gasteiger partial charge >= 0.3 is 0 Å². The smallest absolute Gasteiger partial charge is 0.254 e. The maximum atomic E-state index is 12.2. The molecule has 0 atom stereocenters. The van der Waals surface area contributed by atoms with Crippen LogP contribution in [-0.2, 0) is 4.74 Å². The molecule has 0 spiro atoms. The normalized spacial score (nSPS) is 16.2. The Morgan fingerprint density at radius 3 is 2.75 bits per heavy atom. The van der Waals surface area contributed by atoms with E-state index in [1.807, 2.05) is 24.0 Å². The third-order valence-electron chi connectivity index (χ3n) is 2.79. The molecule has 4 nitrogen and oxygen atoms in total. The molecule has 1 aliphatic heterocycles. The van der Waals surface area contributed by atoms with Gasteiger partial charge in [-0.15, -0.1) is 0 Å². The van der Waals surface area contributed by atoms with E-state index in [0.717, 1.165) is 5.56 Å². The number of ether oxygens (including phenoxy) is 1. The highest BCUT2D eigenvalue weighted by Gasteiger charge is 2.19. The van der Waals surface area contributed by atoms with Crippen molar-refractivity contribution < 1.29 is 9.53 Å². The molecule has 1 fully saturated rings. The van der Waals surface area contributed by atoms with E-state index in [0.29, 0.717) is 37.6 Å². The highest BCUT2D eigenvalue weighted by atomic mass is 16.5. The number of carbonyl (C=O) groups excluding carboxylic acids is 1. The number of carbonyl (C=O) groups is 1. The molecule has 1 aromatic rings. The Balaban J connectivity index is 2.22. The molecule has 0 unspecified atom stereocenters. The molecule has 2 rings (SSSR count). The number of amides is 1. The van der Waals surface area contributed by atoms with Gasteiger partial charge in [0.15, 0.2) is 0 Å². The molecule has 1 aliphatic rings. The zero-order chi connectivity index (χ0) is 11.5. The molecule has 1 heterocycles. The second-order valence-electron chi connectivity index (χ2n) is 3.98. The average Bonchev–Trinajstić information content (AvgIpc) is 2.32. The van der Waals surface area contributed by atoms with Crippen molar-refractivity contribution in [2.24, 2.45) is 0 Å². The van der Waals surface area contributed by atoms with E-state index in [9.17, 15) is 4.79 Å². The van der Waals surface area contributed by atoms with Gasteiger partial charge in [0, 0.05) is 24.3 Å². The summed E-state index contributed by atoms with van der Waals surface area (Å²) in [4.78, 5) is 14.0. The number of nitrogens with two attached hydrogens (primary N) is 1. The lowest BCUT2D eigenvalue weighted by atomic mass is 10.1. The molecule has 16 heavy (non-hydrogen) atoms. The zero-order valence-electron chi connectivity index (χ0n) is 9.40.